The van der Waals surface area contributed by atoms with Crippen LogP contribution in [-0.4, -0.2) is 22.0 Å². The molecule has 0 aliphatic carbocycles. The van der Waals surface area contributed by atoms with E-state index in [1.807, 2.05) is 0 Å². The molecule has 0 saturated carbocycles. The molecule has 8 nitrogen and oxygen atoms in total. The Morgan fingerprint density at radius 3 is 2.43 bits per heavy atom. The van der Waals surface area contributed by atoms with Gasteiger partial charge in [0, 0.05) is 16.3 Å². The lowest BCUT2D eigenvalue weighted by molar-refractivity contribution is 0.0829. The van der Waals surface area contributed by atoms with Gasteiger partial charge in [0.05, 0.1) is 5.39 Å². The summed E-state index contributed by atoms with van der Waals surface area (Å²) in [6.07, 6.45) is 0. The van der Waals surface area contributed by atoms with Crippen LogP contribution < -0.4 is 16.4 Å². The molecular weight excluding hydrogens is 367 g/mol. The number of halogens is 1. The van der Waals surface area contributed by atoms with Crippen LogP contribution in [0.15, 0.2) is 51.7 Å². The third kappa shape index (κ3) is 2.78. The van der Waals surface area contributed by atoms with E-state index >= 15 is 0 Å². The molecule has 2 heterocycles. The van der Waals surface area contributed by atoms with Crippen molar-refractivity contribution in [3.63, 3.8) is 0 Å². The van der Waals surface area contributed by atoms with Crippen molar-refractivity contribution in [2.75, 3.05) is 0 Å². The van der Waals surface area contributed by atoms with Gasteiger partial charge in [-0.25, -0.2) is 9.49 Å². The largest absolute Gasteiger partial charge is 0.447 e. The number of aryl methyl sites for hydroxylation is 1. The van der Waals surface area contributed by atoms with Gasteiger partial charge in [0.1, 0.15) is 0 Å². The van der Waals surface area contributed by atoms with Gasteiger partial charge in [-0.15, -0.1) is 0 Å². The molecule has 3 N–H and O–H groups in total. The average molecular weight is 380 g/mol. The molecule has 0 atom stereocenters. The summed E-state index contributed by atoms with van der Waals surface area (Å²) >= 11 is 0. The quantitative estimate of drug-likeness (QED) is 0.461. The number of hydrazine groups is 1. The number of carbonyl (C=O) groups is 2. The first-order chi connectivity index (χ1) is 13.5. The van der Waals surface area contributed by atoms with Crippen molar-refractivity contribution in [1.29, 1.82) is 0 Å². The van der Waals surface area contributed by atoms with Crippen LogP contribution in [0.3, 0.4) is 0 Å². The Morgan fingerprint density at radius 2 is 1.68 bits per heavy atom. The van der Waals surface area contributed by atoms with Crippen LogP contribution in [0.1, 0.15) is 26.6 Å². The first-order valence-electron chi connectivity index (χ1n) is 8.23. The second-order valence-corrected chi connectivity index (χ2v) is 6.03. The Labute approximate surface area is 156 Å². The second kappa shape index (κ2) is 6.62. The van der Waals surface area contributed by atoms with E-state index in [0.29, 0.717) is 16.3 Å². The van der Waals surface area contributed by atoms with Crippen molar-refractivity contribution in [3.8, 4) is 0 Å². The van der Waals surface area contributed by atoms with E-state index in [1.54, 1.807) is 37.3 Å². The number of benzene rings is 2. The van der Waals surface area contributed by atoms with Crippen LogP contribution in [0.4, 0.5) is 4.39 Å². The topological polar surface area (TPSA) is 117 Å². The summed E-state index contributed by atoms with van der Waals surface area (Å²) in [5.74, 6) is -2.21. The van der Waals surface area contributed by atoms with Gasteiger partial charge in [0.25, 0.3) is 11.5 Å². The zero-order chi connectivity index (χ0) is 19.8. The molecule has 0 unspecified atom stereocenters. The number of nitrogens with one attached hydrogen (secondary N) is 3. The first-order valence-corrected chi connectivity index (χ1v) is 8.23. The third-order valence-corrected chi connectivity index (χ3v) is 4.32. The minimum Gasteiger partial charge on any atom is -0.447 e. The van der Waals surface area contributed by atoms with Gasteiger partial charge in [-0.2, -0.15) is 5.10 Å². The first kappa shape index (κ1) is 17.4. The Balaban J connectivity index is 1.59. The maximum Gasteiger partial charge on any atom is 0.305 e. The zero-order valence-electron chi connectivity index (χ0n) is 14.5. The predicted molar refractivity (Wildman–Crippen MR) is 98.2 cm³/mol. The van der Waals surface area contributed by atoms with E-state index in [4.69, 9.17) is 4.42 Å². The molecule has 0 aliphatic rings. The van der Waals surface area contributed by atoms with E-state index in [0.717, 1.165) is 0 Å². The summed E-state index contributed by atoms with van der Waals surface area (Å²) in [5.41, 5.74) is 4.33. The number of aromatic nitrogens is 2. The van der Waals surface area contributed by atoms with Crippen LogP contribution in [0.25, 0.3) is 21.7 Å². The molecule has 0 saturated heterocycles. The molecule has 0 radical (unpaired) electrons. The van der Waals surface area contributed by atoms with Gasteiger partial charge in [0.2, 0.25) is 0 Å². The van der Waals surface area contributed by atoms with Crippen LogP contribution in [0.2, 0.25) is 0 Å². The summed E-state index contributed by atoms with van der Waals surface area (Å²) in [6, 6.07) is 10.8. The molecular formula is C19H13FN4O4. The Morgan fingerprint density at radius 1 is 1.00 bits per heavy atom. The van der Waals surface area contributed by atoms with Crippen molar-refractivity contribution in [1.82, 2.24) is 21.0 Å². The fourth-order valence-corrected chi connectivity index (χ4v) is 2.94. The monoisotopic (exact) mass is 380 g/mol. The second-order valence-electron chi connectivity index (χ2n) is 6.03. The Bertz CT molecular complexity index is 1310. The van der Waals surface area contributed by atoms with E-state index in [2.05, 4.69) is 21.0 Å². The molecule has 0 aliphatic heterocycles. The van der Waals surface area contributed by atoms with Crippen molar-refractivity contribution in [2.45, 2.75) is 6.92 Å². The number of furan rings is 1. The lowest BCUT2D eigenvalue weighted by Gasteiger charge is -2.07. The summed E-state index contributed by atoms with van der Waals surface area (Å²) in [6.45, 7) is 1.61. The average Bonchev–Trinajstić information content (AvgIpc) is 3.05. The minimum atomic E-state index is -0.754. The number of H-pyrrole nitrogens is 1. The van der Waals surface area contributed by atoms with E-state index in [-0.39, 0.29) is 22.4 Å². The van der Waals surface area contributed by atoms with E-state index in [1.165, 1.54) is 12.1 Å². The highest BCUT2D eigenvalue weighted by Gasteiger charge is 2.21. The van der Waals surface area contributed by atoms with Gasteiger partial charge in [-0.05, 0) is 19.1 Å². The lowest BCUT2D eigenvalue weighted by atomic mass is 10.1. The molecule has 0 fully saturated rings. The van der Waals surface area contributed by atoms with E-state index < -0.39 is 23.2 Å². The third-order valence-electron chi connectivity index (χ3n) is 4.32. The van der Waals surface area contributed by atoms with Crippen molar-refractivity contribution < 1.29 is 18.4 Å². The van der Waals surface area contributed by atoms with Crippen molar-refractivity contribution in [3.05, 3.63) is 75.7 Å². The van der Waals surface area contributed by atoms with Crippen LogP contribution >= 0.6 is 0 Å². The van der Waals surface area contributed by atoms with Gasteiger partial charge < -0.3 is 4.42 Å². The van der Waals surface area contributed by atoms with Gasteiger partial charge >= 0.3 is 5.91 Å². The van der Waals surface area contributed by atoms with Gasteiger partial charge in [0.15, 0.2) is 22.9 Å². The number of rotatable bonds is 2. The van der Waals surface area contributed by atoms with Gasteiger partial charge in [-0.1, -0.05) is 30.3 Å². The molecule has 28 heavy (non-hydrogen) atoms. The Hall–Kier alpha value is -4.01. The number of carbonyl (C=O) groups excluding carboxylic acids is 2. The molecule has 0 spiro atoms. The fourth-order valence-electron chi connectivity index (χ4n) is 2.94. The van der Waals surface area contributed by atoms with Crippen molar-refractivity contribution >= 4 is 33.6 Å². The molecule has 0 bridgehead atoms. The normalized spacial score (nSPS) is 10.9. The zero-order valence-corrected chi connectivity index (χ0v) is 14.5. The molecule has 9 heteroatoms. The number of aromatic amines is 1. The summed E-state index contributed by atoms with van der Waals surface area (Å²) < 4.78 is 19.1. The number of nitrogens with zero attached hydrogens (tertiary/aromatic N) is 1. The molecule has 4 rings (SSSR count). The standard InChI is InChI=1S/C19H13FN4O4/c1-9-10-7-4-8-13(20)16(10)28-15(9)19(27)24-23-18(26)14-11-5-2-3-6-12(11)17(25)22-21-14/h2-8H,1H3,(H,22,25)(H,23,26)(H,24,27). The molecule has 2 aromatic heterocycles. The highest BCUT2D eigenvalue weighted by Crippen LogP contribution is 2.27. The maximum atomic E-state index is 13.8. The van der Waals surface area contributed by atoms with Gasteiger partial charge in [-0.3, -0.25) is 25.2 Å². The lowest BCUT2D eigenvalue weighted by Crippen LogP contribution is -2.42. The molecule has 2 aromatic carbocycles. The van der Waals surface area contributed by atoms with E-state index in [9.17, 15) is 18.8 Å². The molecule has 2 amide bonds. The van der Waals surface area contributed by atoms with Crippen LogP contribution in [0, 0.1) is 12.7 Å². The van der Waals surface area contributed by atoms with Crippen molar-refractivity contribution in [2.24, 2.45) is 0 Å². The summed E-state index contributed by atoms with van der Waals surface area (Å²) in [7, 11) is 0. The number of hydrogen-bond donors (Lipinski definition) is 3. The molecule has 4 aromatic rings. The maximum absolute atomic E-state index is 13.8. The predicted octanol–water partition coefficient (Wildman–Crippen LogP) is 2.19. The SMILES string of the molecule is Cc1c(C(=O)NNC(=O)c2n[nH]c(=O)c3ccccc23)oc2c(F)cccc12. The van der Waals surface area contributed by atoms with Crippen LogP contribution in [-0.2, 0) is 0 Å². The summed E-state index contributed by atoms with van der Waals surface area (Å²) in [5, 5.41) is 7.07. The summed E-state index contributed by atoms with van der Waals surface area (Å²) in [4.78, 5) is 36.6. The fraction of sp³-hybridized carbons (Fsp3) is 0.0526. The van der Waals surface area contributed by atoms with Crippen LogP contribution in [0.5, 0.6) is 0 Å². The number of hydrogen-bond acceptors (Lipinski definition) is 5. The highest BCUT2D eigenvalue weighted by atomic mass is 19.1. The number of fused-ring (bicyclic) bond motifs is 2. The number of amides is 2. The number of para-hydroxylation sites is 1. The smallest absolute Gasteiger partial charge is 0.305 e. The minimum absolute atomic E-state index is 0.0372. The Kier molecular flexibility index (Phi) is 4.11. The highest BCUT2D eigenvalue weighted by molar-refractivity contribution is 6.06. The molecule has 140 valence electrons.